The number of halogens is 2. The maximum absolute atomic E-state index is 13.2. The van der Waals surface area contributed by atoms with Crippen molar-refractivity contribution in [1.29, 1.82) is 0 Å². The van der Waals surface area contributed by atoms with E-state index < -0.39 is 23.5 Å². The van der Waals surface area contributed by atoms with Crippen LogP contribution in [-0.2, 0) is 16.0 Å². The highest BCUT2D eigenvalue weighted by Crippen LogP contribution is 2.33. The minimum absolute atomic E-state index is 0.109. The summed E-state index contributed by atoms with van der Waals surface area (Å²) in [6.07, 6.45) is 1.20. The number of carbonyl (C=O) groups excluding carboxylic acids is 1. The number of carboxylic acids is 1. The van der Waals surface area contributed by atoms with Crippen molar-refractivity contribution in [1.82, 2.24) is 4.90 Å². The van der Waals surface area contributed by atoms with E-state index in [-0.39, 0.29) is 24.8 Å². The first-order valence-electron chi connectivity index (χ1n) is 8.95. The van der Waals surface area contributed by atoms with E-state index in [4.69, 9.17) is 0 Å². The van der Waals surface area contributed by atoms with Gasteiger partial charge in [-0.2, -0.15) is 0 Å². The Morgan fingerprint density at radius 2 is 1.78 bits per heavy atom. The van der Waals surface area contributed by atoms with Crippen LogP contribution in [0.15, 0.2) is 48.5 Å². The van der Waals surface area contributed by atoms with Crippen molar-refractivity contribution in [2.75, 3.05) is 13.1 Å². The molecule has 142 valence electrons. The van der Waals surface area contributed by atoms with E-state index in [1.165, 1.54) is 6.07 Å². The molecule has 0 saturated carbocycles. The number of amides is 1. The van der Waals surface area contributed by atoms with Crippen LogP contribution < -0.4 is 0 Å². The summed E-state index contributed by atoms with van der Waals surface area (Å²) in [5.74, 6) is -3.64. The van der Waals surface area contributed by atoms with Crippen LogP contribution in [0.2, 0.25) is 0 Å². The van der Waals surface area contributed by atoms with E-state index in [1.807, 2.05) is 30.3 Å². The van der Waals surface area contributed by atoms with Gasteiger partial charge in [0.2, 0.25) is 5.91 Å². The third-order valence-corrected chi connectivity index (χ3v) is 5.06. The summed E-state index contributed by atoms with van der Waals surface area (Å²) in [7, 11) is 0. The molecule has 27 heavy (non-hydrogen) atoms. The normalized spacial score (nSPS) is 19.3. The van der Waals surface area contributed by atoms with Gasteiger partial charge in [0.25, 0.3) is 0 Å². The van der Waals surface area contributed by atoms with E-state index in [9.17, 15) is 23.5 Å². The average molecular weight is 373 g/mol. The third-order valence-electron chi connectivity index (χ3n) is 5.06. The lowest BCUT2D eigenvalue weighted by molar-refractivity contribution is -0.141. The highest BCUT2D eigenvalue weighted by atomic mass is 19.2. The van der Waals surface area contributed by atoms with Crippen molar-refractivity contribution < 1.29 is 23.5 Å². The molecule has 1 heterocycles. The molecule has 2 aromatic rings. The number of carbonyl (C=O) groups is 2. The fraction of sp³-hybridized carbons (Fsp3) is 0.333. The Kier molecular flexibility index (Phi) is 5.84. The smallest absolute Gasteiger partial charge is 0.308 e. The molecular weight excluding hydrogens is 352 g/mol. The largest absolute Gasteiger partial charge is 0.481 e. The summed E-state index contributed by atoms with van der Waals surface area (Å²) in [4.78, 5) is 25.7. The molecule has 1 aliphatic heterocycles. The number of hydrogen-bond acceptors (Lipinski definition) is 2. The Balaban J connectivity index is 1.58. The predicted molar refractivity (Wildman–Crippen MR) is 96.2 cm³/mol. The second-order valence-electron chi connectivity index (χ2n) is 6.86. The minimum atomic E-state index is -0.902. The van der Waals surface area contributed by atoms with Crippen LogP contribution in [0.3, 0.4) is 0 Å². The zero-order valence-corrected chi connectivity index (χ0v) is 14.8. The quantitative estimate of drug-likeness (QED) is 0.842. The van der Waals surface area contributed by atoms with Crippen molar-refractivity contribution in [2.45, 2.75) is 25.2 Å². The molecule has 2 aromatic carbocycles. The Bertz CT molecular complexity index is 825. The number of rotatable bonds is 6. The minimum Gasteiger partial charge on any atom is -0.481 e. The van der Waals surface area contributed by atoms with Crippen LogP contribution in [0.25, 0.3) is 0 Å². The molecule has 1 aliphatic rings. The molecule has 0 aliphatic carbocycles. The first kappa shape index (κ1) is 19.0. The van der Waals surface area contributed by atoms with Gasteiger partial charge in [-0.15, -0.1) is 0 Å². The summed E-state index contributed by atoms with van der Waals surface area (Å²) >= 11 is 0. The number of aryl methyl sites for hydroxylation is 1. The molecule has 3 rings (SSSR count). The lowest BCUT2D eigenvalue weighted by Crippen LogP contribution is -2.29. The van der Waals surface area contributed by atoms with Gasteiger partial charge in [0.15, 0.2) is 11.6 Å². The fourth-order valence-electron chi connectivity index (χ4n) is 3.59. The van der Waals surface area contributed by atoms with Gasteiger partial charge in [-0.25, -0.2) is 8.78 Å². The Morgan fingerprint density at radius 1 is 1.04 bits per heavy atom. The van der Waals surface area contributed by atoms with Gasteiger partial charge in [0.1, 0.15) is 0 Å². The molecule has 1 N–H and O–H groups in total. The number of carboxylic acid groups (broad SMARTS) is 1. The van der Waals surface area contributed by atoms with E-state index >= 15 is 0 Å². The average Bonchev–Trinajstić information content (AvgIpc) is 3.11. The third kappa shape index (κ3) is 4.51. The topological polar surface area (TPSA) is 57.6 Å². The fourth-order valence-corrected chi connectivity index (χ4v) is 3.59. The van der Waals surface area contributed by atoms with Gasteiger partial charge in [-0.1, -0.05) is 36.4 Å². The van der Waals surface area contributed by atoms with Gasteiger partial charge in [0, 0.05) is 25.4 Å². The maximum atomic E-state index is 13.2. The van der Waals surface area contributed by atoms with Crippen LogP contribution in [-0.4, -0.2) is 35.0 Å². The van der Waals surface area contributed by atoms with E-state index in [0.29, 0.717) is 24.9 Å². The SMILES string of the molecule is O=C(O)C1CN(C(=O)CCCc2ccc(F)c(F)c2)CC1c1ccccc1. The summed E-state index contributed by atoms with van der Waals surface area (Å²) in [6.45, 7) is 0.573. The monoisotopic (exact) mass is 373 g/mol. The van der Waals surface area contributed by atoms with Crippen molar-refractivity contribution >= 4 is 11.9 Å². The molecule has 1 amide bonds. The van der Waals surface area contributed by atoms with Crippen LogP contribution in [0.5, 0.6) is 0 Å². The Morgan fingerprint density at radius 3 is 2.44 bits per heavy atom. The molecule has 0 spiro atoms. The van der Waals surface area contributed by atoms with Crippen molar-refractivity contribution in [3.05, 3.63) is 71.3 Å². The van der Waals surface area contributed by atoms with Crippen molar-refractivity contribution in [3.8, 4) is 0 Å². The van der Waals surface area contributed by atoms with Gasteiger partial charge < -0.3 is 10.0 Å². The number of aliphatic carboxylic acids is 1. The number of likely N-dealkylation sites (tertiary alicyclic amines) is 1. The molecule has 0 radical (unpaired) electrons. The molecule has 0 aromatic heterocycles. The Hall–Kier alpha value is -2.76. The molecule has 4 nitrogen and oxygen atoms in total. The van der Waals surface area contributed by atoms with E-state index in [0.717, 1.165) is 17.7 Å². The standard InChI is InChI=1S/C21H21F2NO3/c22-18-10-9-14(11-19(18)23)5-4-8-20(25)24-12-16(17(13-24)21(26)27)15-6-2-1-3-7-15/h1-3,6-7,9-11,16-17H,4-5,8,12-13H2,(H,26,27). The predicted octanol–water partition coefficient (Wildman–Crippen LogP) is 3.61. The summed E-state index contributed by atoms with van der Waals surface area (Å²) in [5.41, 5.74) is 1.55. The highest BCUT2D eigenvalue weighted by Gasteiger charge is 2.40. The lowest BCUT2D eigenvalue weighted by atomic mass is 9.89. The van der Waals surface area contributed by atoms with Gasteiger partial charge in [0.05, 0.1) is 5.92 Å². The molecule has 2 atom stereocenters. The number of benzene rings is 2. The maximum Gasteiger partial charge on any atom is 0.308 e. The summed E-state index contributed by atoms with van der Waals surface area (Å²) in [6, 6.07) is 13.1. The molecule has 2 unspecified atom stereocenters. The molecular formula is C21H21F2NO3. The number of nitrogens with zero attached hydrogens (tertiary/aromatic N) is 1. The second-order valence-corrected chi connectivity index (χ2v) is 6.86. The lowest BCUT2D eigenvalue weighted by Gasteiger charge is -2.16. The summed E-state index contributed by atoms with van der Waals surface area (Å²) < 4.78 is 26.2. The molecule has 1 saturated heterocycles. The van der Waals surface area contributed by atoms with E-state index in [1.54, 1.807) is 4.90 Å². The van der Waals surface area contributed by atoms with Crippen LogP contribution >= 0.6 is 0 Å². The zero-order chi connectivity index (χ0) is 19.4. The number of hydrogen-bond donors (Lipinski definition) is 1. The second kappa shape index (κ2) is 8.29. The summed E-state index contributed by atoms with van der Waals surface area (Å²) in [5, 5.41) is 9.51. The molecule has 1 fully saturated rings. The van der Waals surface area contributed by atoms with Crippen LogP contribution in [0.4, 0.5) is 8.78 Å². The zero-order valence-electron chi connectivity index (χ0n) is 14.8. The molecule has 0 bridgehead atoms. The Labute approximate surface area is 156 Å². The highest BCUT2D eigenvalue weighted by molar-refractivity contribution is 5.79. The first-order valence-corrected chi connectivity index (χ1v) is 8.95. The first-order chi connectivity index (χ1) is 13.0. The van der Waals surface area contributed by atoms with Gasteiger partial charge in [-0.3, -0.25) is 9.59 Å². The van der Waals surface area contributed by atoms with Gasteiger partial charge >= 0.3 is 5.97 Å². The molecule has 6 heteroatoms. The van der Waals surface area contributed by atoms with Crippen LogP contribution in [0.1, 0.15) is 29.9 Å². The van der Waals surface area contributed by atoms with Crippen molar-refractivity contribution in [2.24, 2.45) is 5.92 Å². The van der Waals surface area contributed by atoms with Crippen LogP contribution in [0, 0.1) is 17.6 Å². The van der Waals surface area contributed by atoms with Gasteiger partial charge in [-0.05, 0) is 36.1 Å². The van der Waals surface area contributed by atoms with Crippen molar-refractivity contribution in [3.63, 3.8) is 0 Å². The van der Waals surface area contributed by atoms with E-state index in [2.05, 4.69) is 0 Å².